The van der Waals surface area contributed by atoms with Crippen molar-refractivity contribution in [3.05, 3.63) is 48.5 Å². The summed E-state index contributed by atoms with van der Waals surface area (Å²) in [5.74, 6) is 0.274. The number of aromatic nitrogens is 1. The minimum Gasteiger partial charge on any atom is -0.342 e. The standard InChI is InChI=1S/C23H23N3O2S/c27-21(16-6-5-13-26(14-16)23(28)15-11-12-15)24-18-8-2-1-7-17(18)22-25-19-9-3-4-10-20(19)29-22/h1-4,7-10,15-16H,5-6,11-14H2,(H,24,27). The van der Waals surface area contributed by atoms with Crippen molar-refractivity contribution >= 4 is 39.1 Å². The number of benzene rings is 2. The smallest absolute Gasteiger partial charge is 0.229 e. The number of hydrogen-bond donors (Lipinski definition) is 1. The number of para-hydroxylation sites is 2. The zero-order chi connectivity index (χ0) is 19.8. The van der Waals surface area contributed by atoms with Crippen LogP contribution in [0.2, 0.25) is 0 Å². The molecule has 3 aromatic rings. The molecule has 1 unspecified atom stereocenters. The summed E-state index contributed by atoms with van der Waals surface area (Å²) in [6.07, 6.45) is 3.71. The largest absolute Gasteiger partial charge is 0.342 e. The number of piperidine rings is 1. The highest BCUT2D eigenvalue weighted by Gasteiger charge is 2.36. The third kappa shape index (κ3) is 3.77. The van der Waals surface area contributed by atoms with Gasteiger partial charge in [-0.2, -0.15) is 0 Å². The Morgan fingerprint density at radius 2 is 1.79 bits per heavy atom. The molecule has 1 aromatic heterocycles. The van der Waals surface area contributed by atoms with Crippen molar-refractivity contribution in [2.45, 2.75) is 25.7 Å². The van der Waals surface area contributed by atoms with E-state index in [2.05, 4.69) is 11.4 Å². The van der Waals surface area contributed by atoms with Gasteiger partial charge in [0.2, 0.25) is 11.8 Å². The highest BCUT2D eigenvalue weighted by atomic mass is 32.1. The van der Waals surface area contributed by atoms with E-state index in [9.17, 15) is 9.59 Å². The summed E-state index contributed by atoms with van der Waals surface area (Å²) in [4.78, 5) is 32.0. The molecule has 1 atom stereocenters. The topological polar surface area (TPSA) is 62.3 Å². The van der Waals surface area contributed by atoms with Crippen LogP contribution in [0, 0.1) is 11.8 Å². The van der Waals surface area contributed by atoms with Crippen molar-refractivity contribution in [2.75, 3.05) is 18.4 Å². The van der Waals surface area contributed by atoms with Crippen LogP contribution >= 0.6 is 11.3 Å². The van der Waals surface area contributed by atoms with Gasteiger partial charge in [0.25, 0.3) is 0 Å². The van der Waals surface area contributed by atoms with Gasteiger partial charge in [0.1, 0.15) is 5.01 Å². The molecule has 1 saturated carbocycles. The molecule has 29 heavy (non-hydrogen) atoms. The molecule has 1 saturated heterocycles. The monoisotopic (exact) mass is 405 g/mol. The quantitative estimate of drug-likeness (QED) is 0.693. The van der Waals surface area contributed by atoms with Crippen LogP contribution in [0.5, 0.6) is 0 Å². The normalized spacial score (nSPS) is 19.3. The summed E-state index contributed by atoms with van der Waals surface area (Å²) in [6, 6.07) is 15.9. The van der Waals surface area contributed by atoms with E-state index in [4.69, 9.17) is 4.98 Å². The first-order valence-corrected chi connectivity index (χ1v) is 11.1. The zero-order valence-electron chi connectivity index (χ0n) is 16.1. The SMILES string of the molecule is O=C(Nc1ccccc1-c1nc2ccccc2s1)C1CCCN(C(=O)C2CC2)C1. The van der Waals surface area contributed by atoms with Crippen LogP contribution in [0.1, 0.15) is 25.7 Å². The second-order valence-corrected chi connectivity index (χ2v) is 8.95. The molecule has 1 aliphatic carbocycles. The van der Waals surface area contributed by atoms with Gasteiger partial charge in [-0.1, -0.05) is 24.3 Å². The van der Waals surface area contributed by atoms with E-state index in [-0.39, 0.29) is 23.7 Å². The molecular weight excluding hydrogens is 382 g/mol. The first-order valence-electron chi connectivity index (χ1n) is 10.2. The minimum absolute atomic E-state index is 0.00754. The van der Waals surface area contributed by atoms with Gasteiger partial charge in [-0.3, -0.25) is 9.59 Å². The van der Waals surface area contributed by atoms with Crippen LogP contribution in [-0.4, -0.2) is 34.8 Å². The number of nitrogens with one attached hydrogen (secondary N) is 1. The summed E-state index contributed by atoms with van der Waals surface area (Å²) in [5, 5.41) is 4.02. The highest BCUT2D eigenvalue weighted by molar-refractivity contribution is 7.21. The van der Waals surface area contributed by atoms with Gasteiger partial charge in [-0.25, -0.2) is 4.98 Å². The molecule has 2 amide bonds. The van der Waals surface area contributed by atoms with Crippen LogP contribution in [0.15, 0.2) is 48.5 Å². The van der Waals surface area contributed by atoms with Crippen LogP contribution < -0.4 is 5.32 Å². The third-order valence-electron chi connectivity index (χ3n) is 5.74. The molecule has 2 heterocycles. The van der Waals surface area contributed by atoms with Crippen LogP contribution in [0.25, 0.3) is 20.8 Å². The zero-order valence-corrected chi connectivity index (χ0v) is 17.0. The molecule has 6 heteroatoms. The molecule has 0 radical (unpaired) electrons. The number of amides is 2. The number of likely N-dealkylation sites (tertiary alicyclic amines) is 1. The van der Waals surface area contributed by atoms with E-state index in [1.165, 1.54) is 0 Å². The average molecular weight is 406 g/mol. The lowest BCUT2D eigenvalue weighted by molar-refractivity contribution is -0.135. The number of carbonyl (C=O) groups is 2. The molecule has 5 rings (SSSR count). The van der Waals surface area contributed by atoms with Gasteiger partial charge in [0.05, 0.1) is 21.8 Å². The Morgan fingerprint density at radius 1 is 1.00 bits per heavy atom. The van der Waals surface area contributed by atoms with Gasteiger partial charge in [0, 0.05) is 24.6 Å². The van der Waals surface area contributed by atoms with Crippen molar-refractivity contribution in [1.82, 2.24) is 9.88 Å². The van der Waals surface area contributed by atoms with Gasteiger partial charge in [0.15, 0.2) is 0 Å². The third-order valence-corrected chi connectivity index (χ3v) is 6.81. The first kappa shape index (κ1) is 18.3. The molecule has 5 nitrogen and oxygen atoms in total. The van der Waals surface area contributed by atoms with E-state index in [1.54, 1.807) is 11.3 Å². The Hall–Kier alpha value is -2.73. The maximum absolute atomic E-state index is 13.0. The number of fused-ring (bicyclic) bond motifs is 1. The van der Waals surface area contributed by atoms with Crippen molar-refractivity contribution in [3.8, 4) is 10.6 Å². The van der Waals surface area contributed by atoms with Crippen molar-refractivity contribution in [3.63, 3.8) is 0 Å². The number of rotatable bonds is 4. The Morgan fingerprint density at radius 3 is 2.62 bits per heavy atom. The minimum atomic E-state index is -0.158. The number of nitrogens with zero attached hydrogens (tertiary/aromatic N) is 2. The lowest BCUT2D eigenvalue weighted by atomic mass is 9.96. The van der Waals surface area contributed by atoms with E-state index < -0.39 is 0 Å². The maximum atomic E-state index is 13.0. The number of thiazole rings is 1. The second-order valence-electron chi connectivity index (χ2n) is 7.92. The highest BCUT2D eigenvalue weighted by Crippen LogP contribution is 2.35. The van der Waals surface area contributed by atoms with Gasteiger partial charge >= 0.3 is 0 Å². The fraction of sp³-hybridized carbons (Fsp3) is 0.348. The van der Waals surface area contributed by atoms with E-state index in [0.29, 0.717) is 6.54 Å². The Labute approximate surface area is 173 Å². The fourth-order valence-electron chi connectivity index (χ4n) is 3.98. The molecule has 1 aliphatic heterocycles. The Bertz CT molecular complexity index is 1040. The van der Waals surface area contributed by atoms with Crippen molar-refractivity contribution in [1.29, 1.82) is 0 Å². The first-order chi connectivity index (χ1) is 14.2. The van der Waals surface area contributed by atoms with E-state index in [0.717, 1.165) is 58.7 Å². The molecule has 2 aliphatic rings. The van der Waals surface area contributed by atoms with Crippen molar-refractivity contribution < 1.29 is 9.59 Å². The predicted molar refractivity (Wildman–Crippen MR) is 116 cm³/mol. The molecule has 0 bridgehead atoms. The van der Waals surface area contributed by atoms with Gasteiger partial charge in [-0.05, 0) is 49.9 Å². The lowest BCUT2D eigenvalue weighted by Gasteiger charge is -2.32. The number of anilines is 1. The summed E-state index contributed by atoms with van der Waals surface area (Å²) in [7, 11) is 0. The molecule has 2 fully saturated rings. The van der Waals surface area contributed by atoms with Crippen LogP contribution in [0.4, 0.5) is 5.69 Å². The molecule has 2 aromatic carbocycles. The molecule has 0 spiro atoms. The fourth-order valence-corrected chi connectivity index (χ4v) is 4.99. The van der Waals surface area contributed by atoms with Crippen molar-refractivity contribution in [2.24, 2.45) is 11.8 Å². The van der Waals surface area contributed by atoms with E-state index >= 15 is 0 Å². The molecular formula is C23H23N3O2S. The summed E-state index contributed by atoms with van der Waals surface area (Å²) in [5.41, 5.74) is 2.68. The average Bonchev–Trinajstić information content (AvgIpc) is 3.52. The second kappa shape index (κ2) is 7.59. The van der Waals surface area contributed by atoms with Gasteiger partial charge < -0.3 is 10.2 Å². The summed E-state index contributed by atoms with van der Waals surface area (Å²) < 4.78 is 1.13. The lowest BCUT2D eigenvalue weighted by Crippen LogP contribution is -2.44. The maximum Gasteiger partial charge on any atom is 0.229 e. The summed E-state index contributed by atoms with van der Waals surface area (Å²) >= 11 is 1.63. The predicted octanol–water partition coefficient (Wildman–Crippen LogP) is 4.55. The molecule has 148 valence electrons. The number of hydrogen-bond acceptors (Lipinski definition) is 4. The van der Waals surface area contributed by atoms with E-state index in [1.807, 2.05) is 47.4 Å². The summed E-state index contributed by atoms with van der Waals surface area (Å²) in [6.45, 7) is 1.31. The van der Waals surface area contributed by atoms with Crippen LogP contribution in [0.3, 0.4) is 0 Å². The Balaban J connectivity index is 1.35. The van der Waals surface area contributed by atoms with Gasteiger partial charge in [-0.15, -0.1) is 11.3 Å². The molecule has 1 N–H and O–H groups in total. The number of carbonyl (C=O) groups excluding carboxylic acids is 2. The van der Waals surface area contributed by atoms with Crippen LogP contribution in [-0.2, 0) is 9.59 Å². The Kier molecular flexibility index (Phi) is 4.79.